The van der Waals surface area contributed by atoms with Crippen LogP contribution in [0.15, 0.2) is 28.7 Å². The largest absolute Gasteiger partial charge is 0.340 e. The summed E-state index contributed by atoms with van der Waals surface area (Å²) in [5.41, 5.74) is 1.22. The fourth-order valence-corrected chi connectivity index (χ4v) is 3.17. The van der Waals surface area contributed by atoms with Crippen molar-refractivity contribution in [2.75, 3.05) is 19.6 Å². The standard InChI is InChI=1S/C16H23BrN2O/c1-3-13(10-14-6-4-5-7-15(14)17)16(20)19-9-8-18-12(2)11-19/h4-7,12-13,18H,3,8-11H2,1-2H3. The van der Waals surface area contributed by atoms with Crippen LogP contribution >= 0.6 is 15.9 Å². The van der Waals surface area contributed by atoms with E-state index in [4.69, 9.17) is 0 Å². The van der Waals surface area contributed by atoms with Gasteiger partial charge in [0.25, 0.3) is 0 Å². The van der Waals surface area contributed by atoms with Crippen LogP contribution in [0.25, 0.3) is 0 Å². The van der Waals surface area contributed by atoms with Gasteiger partial charge in [0.1, 0.15) is 0 Å². The maximum atomic E-state index is 12.7. The quantitative estimate of drug-likeness (QED) is 0.915. The van der Waals surface area contributed by atoms with Crippen molar-refractivity contribution in [1.29, 1.82) is 0 Å². The minimum atomic E-state index is 0.0824. The van der Waals surface area contributed by atoms with E-state index in [2.05, 4.69) is 41.2 Å². The fraction of sp³-hybridized carbons (Fsp3) is 0.562. The van der Waals surface area contributed by atoms with Gasteiger partial charge in [-0.05, 0) is 31.4 Å². The van der Waals surface area contributed by atoms with Gasteiger partial charge < -0.3 is 10.2 Å². The third kappa shape index (κ3) is 3.83. The van der Waals surface area contributed by atoms with E-state index in [1.54, 1.807) is 0 Å². The highest BCUT2D eigenvalue weighted by Gasteiger charge is 2.26. The molecule has 1 amide bonds. The molecular formula is C16H23BrN2O. The van der Waals surface area contributed by atoms with Crippen LogP contribution in [0.2, 0.25) is 0 Å². The molecule has 0 saturated carbocycles. The van der Waals surface area contributed by atoms with Gasteiger partial charge in [-0.3, -0.25) is 4.79 Å². The summed E-state index contributed by atoms with van der Waals surface area (Å²) in [4.78, 5) is 14.7. The molecule has 1 aliphatic rings. The van der Waals surface area contributed by atoms with Crippen LogP contribution in [0.5, 0.6) is 0 Å². The second-order valence-corrected chi connectivity index (χ2v) is 6.39. The third-order valence-electron chi connectivity index (χ3n) is 3.95. The minimum Gasteiger partial charge on any atom is -0.340 e. The maximum Gasteiger partial charge on any atom is 0.226 e. The van der Waals surface area contributed by atoms with Gasteiger partial charge in [-0.1, -0.05) is 41.1 Å². The molecule has 1 aromatic carbocycles. The average molecular weight is 339 g/mol. The van der Waals surface area contributed by atoms with Crippen molar-refractivity contribution in [3.8, 4) is 0 Å². The lowest BCUT2D eigenvalue weighted by Crippen LogP contribution is -2.52. The number of carbonyl (C=O) groups is 1. The normalized spacial score (nSPS) is 20.8. The maximum absolute atomic E-state index is 12.7. The molecule has 2 rings (SSSR count). The summed E-state index contributed by atoms with van der Waals surface area (Å²) in [5, 5.41) is 3.38. The summed E-state index contributed by atoms with van der Waals surface area (Å²) in [6.45, 7) is 6.79. The first-order valence-electron chi connectivity index (χ1n) is 7.37. The van der Waals surface area contributed by atoms with Crippen LogP contribution in [-0.2, 0) is 11.2 Å². The lowest BCUT2D eigenvalue weighted by Gasteiger charge is -2.34. The molecule has 0 aromatic heterocycles. The fourth-order valence-electron chi connectivity index (χ4n) is 2.73. The summed E-state index contributed by atoms with van der Waals surface area (Å²) >= 11 is 3.57. The first-order valence-corrected chi connectivity index (χ1v) is 8.16. The van der Waals surface area contributed by atoms with E-state index < -0.39 is 0 Å². The van der Waals surface area contributed by atoms with E-state index in [0.29, 0.717) is 11.9 Å². The number of piperazine rings is 1. The van der Waals surface area contributed by atoms with Crippen molar-refractivity contribution in [3.05, 3.63) is 34.3 Å². The SMILES string of the molecule is CCC(Cc1ccccc1Br)C(=O)N1CCNC(C)C1. The van der Waals surface area contributed by atoms with Crippen LogP contribution in [0.3, 0.4) is 0 Å². The Kier molecular flexibility index (Phi) is 5.61. The highest BCUT2D eigenvalue weighted by Crippen LogP contribution is 2.22. The molecule has 0 aliphatic carbocycles. The number of nitrogens with zero attached hydrogens (tertiary/aromatic N) is 1. The van der Waals surface area contributed by atoms with Gasteiger partial charge in [0.05, 0.1) is 0 Å². The molecule has 1 aromatic rings. The molecule has 110 valence electrons. The van der Waals surface area contributed by atoms with Crippen LogP contribution in [-0.4, -0.2) is 36.5 Å². The Morgan fingerprint density at radius 1 is 1.50 bits per heavy atom. The number of nitrogens with one attached hydrogen (secondary N) is 1. The monoisotopic (exact) mass is 338 g/mol. The zero-order valence-electron chi connectivity index (χ0n) is 12.2. The summed E-state index contributed by atoms with van der Waals surface area (Å²) < 4.78 is 1.10. The van der Waals surface area contributed by atoms with Gasteiger partial charge in [0.2, 0.25) is 5.91 Å². The first kappa shape index (κ1) is 15.5. The van der Waals surface area contributed by atoms with E-state index in [1.807, 2.05) is 23.1 Å². The Bertz CT molecular complexity index is 464. The molecule has 1 saturated heterocycles. The van der Waals surface area contributed by atoms with E-state index in [0.717, 1.165) is 36.9 Å². The Balaban J connectivity index is 2.04. The number of hydrogen-bond acceptors (Lipinski definition) is 2. The molecule has 1 aliphatic heterocycles. The summed E-state index contributed by atoms with van der Waals surface area (Å²) in [7, 11) is 0. The van der Waals surface area contributed by atoms with E-state index in [1.165, 1.54) is 5.56 Å². The van der Waals surface area contributed by atoms with Crippen molar-refractivity contribution in [1.82, 2.24) is 10.2 Å². The molecule has 20 heavy (non-hydrogen) atoms. The third-order valence-corrected chi connectivity index (χ3v) is 4.72. The van der Waals surface area contributed by atoms with Crippen molar-refractivity contribution < 1.29 is 4.79 Å². The smallest absolute Gasteiger partial charge is 0.226 e. The van der Waals surface area contributed by atoms with Crippen LogP contribution < -0.4 is 5.32 Å². The number of halogens is 1. The molecule has 1 fully saturated rings. The van der Waals surface area contributed by atoms with Gasteiger partial charge in [-0.25, -0.2) is 0 Å². The minimum absolute atomic E-state index is 0.0824. The highest BCUT2D eigenvalue weighted by molar-refractivity contribution is 9.10. The second kappa shape index (κ2) is 7.23. The van der Waals surface area contributed by atoms with Gasteiger partial charge >= 0.3 is 0 Å². The highest BCUT2D eigenvalue weighted by atomic mass is 79.9. The van der Waals surface area contributed by atoms with Crippen LogP contribution in [0, 0.1) is 5.92 Å². The van der Waals surface area contributed by atoms with E-state index in [9.17, 15) is 4.79 Å². The number of hydrogen-bond donors (Lipinski definition) is 1. The van der Waals surface area contributed by atoms with Crippen molar-refractivity contribution in [2.45, 2.75) is 32.7 Å². The van der Waals surface area contributed by atoms with Crippen LogP contribution in [0.4, 0.5) is 0 Å². The summed E-state index contributed by atoms with van der Waals surface area (Å²) in [6.07, 6.45) is 1.70. The first-order chi connectivity index (χ1) is 9.61. The number of benzene rings is 1. The molecule has 0 spiro atoms. The Morgan fingerprint density at radius 3 is 2.90 bits per heavy atom. The zero-order valence-corrected chi connectivity index (χ0v) is 13.8. The van der Waals surface area contributed by atoms with E-state index in [-0.39, 0.29) is 5.92 Å². The number of carbonyl (C=O) groups excluding carboxylic acids is 1. The molecule has 1 N–H and O–H groups in total. The van der Waals surface area contributed by atoms with Crippen molar-refractivity contribution in [3.63, 3.8) is 0 Å². The lowest BCUT2D eigenvalue weighted by molar-refractivity contribution is -0.136. The Morgan fingerprint density at radius 2 is 2.25 bits per heavy atom. The number of rotatable bonds is 4. The predicted octanol–water partition coefficient (Wildman–Crippen LogP) is 2.84. The van der Waals surface area contributed by atoms with Crippen molar-refractivity contribution >= 4 is 21.8 Å². The Labute approximate surface area is 129 Å². The summed E-state index contributed by atoms with van der Waals surface area (Å²) in [5.74, 6) is 0.385. The average Bonchev–Trinajstić information content (AvgIpc) is 2.46. The van der Waals surface area contributed by atoms with E-state index >= 15 is 0 Å². The predicted molar refractivity (Wildman–Crippen MR) is 85.7 cm³/mol. The van der Waals surface area contributed by atoms with Gasteiger partial charge in [0.15, 0.2) is 0 Å². The molecular weight excluding hydrogens is 316 g/mol. The molecule has 1 heterocycles. The molecule has 2 unspecified atom stereocenters. The Hall–Kier alpha value is -0.870. The van der Waals surface area contributed by atoms with Gasteiger partial charge in [-0.2, -0.15) is 0 Å². The number of amides is 1. The molecule has 3 nitrogen and oxygen atoms in total. The molecule has 4 heteroatoms. The lowest BCUT2D eigenvalue weighted by atomic mass is 9.95. The van der Waals surface area contributed by atoms with Crippen LogP contribution in [0.1, 0.15) is 25.8 Å². The topological polar surface area (TPSA) is 32.3 Å². The zero-order chi connectivity index (χ0) is 14.5. The van der Waals surface area contributed by atoms with Gasteiger partial charge in [-0.15, -0.1) is 0 Å². The summed E-state index contributed by atoms with van der Waals surface area (Å²) in [6, 6.07) is 8.58. The van der Waals surface area contributed by atoms with Gasteiger partial charge in [0, 0.05) is 36.1 Å². The van der Waals surface area contributed by atoms with Crippen molar-refractivity contribution in [2.24, 2.45) is 5.92 Å². The molecule has 0 bridgehead atoms. The molecule has 2 atom stereocenters. The second-order valence-electron chi connectivity index (χ2n) is 5.54. The molecule has 0 radical (unpaired) electrons.